The van der Waals surface area contributed by atoms with Gasteiger partial charge in [-0.1, -0.05) is 35.3 Å². The highest BCUT2D eigenvalue weighted by Gasteiger charge is 2.06. The Hall–Kier alpha value is -1.09. The van der Waals surface area contributed by atoms with Crippen LogP contribution in [-0.4, -0.2) is 11.0 Å². The van der Waals surface area contributed by atoms with Crippen LogP contribution in [0.5, 0.6) is 0 Å². The second kappa shape index (κ2) is 6.90. The van der Waals surface area contributed by atoms with Gasteiger partial charge in [-0.25, -0.2) is 0 Å². The zero-order chi connectivity index (χ0) is 13.7. The average Bonchev–Trinajstić information content (AvgIpc) is 2.42. The van der Waals surface area contributed by atoms with Gasteiger partial charge in [0.25, 0.3) is 0 Å². The predicted molar refractivity (Wildman–Crippen MR) is 80.7 cm³/mol. The number of hydrogen-bond acceptors (Lipinski definition) is 2. The van der Waals surface area contributed by atoms with Crippen LogP contribution in [0.25, 0.3) is 0 Å². The molecule has 1 heterocycles. The molecule has 1 atom stereocenters. The monoisotopic (exact) mass is 294 g/mol. The lowest BCUT2D eigenvalue weighted by atomic mass is 10.0. The average molecular weight is 295 g/mol. The van der Waals surface area contributed by atoms with Crippen molar-refractivity contribution in [2.24, 2.45) is 5.73 Å². The maximum Gasteiger partial charge on any atom is 0.0595 e. The summed E-state index contributed by atoms with van der Waals surface area (Å²) in [4.78, 5) is 4.09. The van der Waals surface area contributed by atoms with Crippen LogP contribution in [0.3, 0.4) is 0 Å². The van der Waals surface area contributed by atoms with Crippen molar-refractivity contribution in [3.05, 3.63) is 63.9 Å². The molecule has 0 radical (unpaired) electrons. The van der Waals surface area contributed by atoms with Gasteiger partial charge in [-0.2, -0.15) is 0 Å². The number of rotatable bonds is 5. The lowest BCUT2D eigenvalue weighted by Crippen LogP contribution is -2.23. The van der Waals surface area contributed by atoms with Gasteiger partial charge < -0.3 is 5.73 Å². The van der Waals surface area contributed by atoms with E-state index in [0.717, 1.165) is 24.8 Å². The first-order valence-corrected chi connectivity index (χ1v) is 6.99. The molecule has 0 amide bonds. The van der Waals surface area contributed by atoms with Gasteiger partial charge in [0.1, 0.15) is 0 Å². The molecule has 0 saturated carbocycles. The van der Waals surface area contributed by atoms with Crippen molar-refractivity contribution >= 4 is 23.2 Å². The Balaban J connectivity index is 1.87. The Bertz CT molecular complexity index is 529. The first-order valence-electron chi connectivity index (χ1n) is 6.23. The van der Waals surface area contributed by atoms with Gasteiger partial charge in [-0.15, -0.1) is 0 Å². The normalized spacial score (nSPS) is 12.4. The number of pyridine rings is 1. The molecule has 2 N–H and O–H groups in total. The van der Waals surface area contributed by atoms with Gasteiger partial charge in [0.2, 0.25) is 0 Å². The third kappa shape index (κ3) is 4.50. The maximum atomic E-state index is 6.15. The summed E-state index contributed by atoms with van der Waals surface area (Å²) in [6.07, 6.45) is 6.32. The van der Waals surface area contributed by atoms with E-state index in [2.05, 4.69) is 11.1 Å². The van der Waals surface area contributed by atoms with Crippen LogP contribution in [0.15, 0.2) is 42.7 Å². The van der Waals surface area contributed by atoms with Crippen molar-refractivity contribution in [1.29, 1.82) is 0 Å². The second-order valence-electron chi connectivity index (χ2n) is 4.61. The molecule has 0 bridgehead atoms. The molecule has 1 aromatic carbocycles. The van der Waals surface area contributed by atoms with Crippen molar-refractivity contribution in [2.75, 3.05) is 0 Å². The summed E-state index contributed by atoms with van der Waals surface area (Å²) < 4.78 is 0. The molecule has 100 valence electrons. The minimum atomic E-state index is 0.109. The van der Waals surface area contributed by atoms with Crippen LogP contribution in [0.4, 0.5) is 0 Å². The number of aryl methyl sites for hydroxylation is 1. The molecule has 19 heavy (non-hydrogen) atoms. The number of nitrogens with two attached hydrogens (primary N) is 1. The Morgan fingerprint density at radius 2 is 1.95 bits per heavy atom. The van der Waals surface area contributed by atoms with E-state index in [-0.39, 0.29) is 6.04 Å². The molecule has 2 rings (SSSR count). The number of benzene rings is 1. The third-order valence-electron chi connectivity index (χ3n) is 3.01. The van der Waals surface area contributed by atoms with E-state index in [4.69, 9.17) is 28.9 Å². The molecule has 1 unspecified atom stereocenters. The summed E-state index contributed by atoms with van der Waals surface area (Å²) in [7, 11) is 0. The van der Waals surface area contributed by atoms with Gasteiger partial charge in [-0.05, 0) is 48.6 Å². The summed E-state index contributed by atoms with van der Waals surface area (Å²) in [5.74, 6) is 0. The summed E-state index contributed by atoms with van der Waals surface area (Å²) in [6, 6.07) is 9.79. The molecule has 1 aromatic heterocycles. The van der Waals surface area contributed by atoms with E-state index < -0.39 is 0 Å². The van der Waals surface area contributed by atoms with Gasteiger partial charge in [0.05, 0.1) is 10.0 Å². The minimum Gasteiger partial charge on any atom is -0.327 e. The van der Waals surface area contributed by atoms with Crippen LogP contribution >= 0.6 is 23.2 Å². The van der Waals surface area contributed by atoms with E-state index in [1.807, 2.05) is 30.5 Å². The minimum absolute atomic E-state index is 0.109. The Morgan fingerprint density at radius 1 is 1.11 bits per heavy atom. The molecule has 2 aromatic rings. The highest BCUT2D eigenvalue weighted by atomic mass is 35.5. The number of halogens is 2. The van der Waals surface area contributed by atoms with E-state index in [0.29, 0.717) is 10.0 Å². The Kier molecular flexibility index (Phi) is 5.20. The Labute approximate surface area is 123 Å². The fourth-order valence-electron chi connectivity index (χ4n) is 1.97. The zero-order valence-electron chi connectivity index (χ0n) is 10.5. The summed E-state index contributed by atoms with van der Waals surface area (Å²) in [5.41, 5.74) is 8.48. The predicted octanol–water partition coefficient (Wildman–Crippen LogP) is 3.89. The van der Waals surface area contributed by atoms with Crippen LogP contribution in [0.1, 0.15) is 17.5 Å². The number of aromatic nitrogens is 1. The molecular weight excluding hydrogens is 279 g/mol. The lowest BCUT2D eigenvalue weighted by Gasteiger charge is -2.12. The van der Waals surface area contributed by atoms with Gasteiger partial charge in [-0.3, -0.25) is 4.98 Å². The molecule has 0 aliphatic carbocycles. The largest absolute Gasteiger partial charge is 0.327 e. The lowest BCUT2D eigenvalue weighted by molar-refractivity contribution is 0.610. The number of nitrogens with zero attached hydrogens (tertiary/aromatic N) is 1. The second-order valence-corrected chi connectivity index (χ2v) is 5.43. The van der Waals surface area contributed by atoms with Gasteiger partial charge in [0.15, 0.2) is 0 Å². The van der Waals surface area contributed by atoms with Gasteiger partial charge in [0, 0.05) is 18.4 Å². The van der Waals surface area contributed by atoms with Crippen molar-refractivity contribution < 1.29 is 0 Å². The molecule has 4 heteroatoms. The third-order valence-corrected chi connectivity index (χ3v) is 3.75. The van der Waals surface area contributed by atoms with Crippen molar-refractivity contribution in [3.8, 4) is 0 Å². The van der Waals surface area contributed by atoms with E-state index >= 15 is 0 Å². The smallest absolute Gasteiger partial charge is 0.0595 e. The SMILES string of the molecule is NC(CCc1cccnc1)Cc1ccc(Cl)c(Cl)c1. The molecule has 0 saturated heterocycles. The summed E-state index contributed by atoms with van der Waals surface area (Å²) in [6.45, 7) is 0. The molecule has 0 spiro atoms. The van der Waals surface area contributed by atoms with Crippen LogP contribution in [0.2, 0.25) is 10.0 Å². The topological polar surface area (TPSA) is 38.9 Å². The molecular formula is C15H16Cl2N2. The van der Waals surface area contributed by atoms with Crippen LogP contribution in [0, 0.1) is 0 Å². The standard InChI is InChI=1S/C15H16Cl2N2/c16-14-6-4-12(9-15(14)17)8-13(18)5-3-11-2-1-7-19-10-11/h1-2,4,6-7,9-10,13H,3,5,8,18H2. The summed E-state index contributed by atoms with van der Waals surface area (Å²) in [5, 5.41) is 1.16. The van der Waals surface area contributed by atoms with E-state index in [1.54, 1.807) is 6.20 Å². The first-order chi connectivity index (χ1) is 9.15. The number of hydrogen-bond donors (Lipinski definition) is 1. The zero-order valence-corrected chi connectivity index (χ0v) is 12.0. The quantitative estimate of drug-likeness (QED) is 0.908. The van der Waals surface area contributed by atoms with Gasteiger partial charge >= 0.3 is 0 Å². The first kappa shape index (κ1) is 14.3. The molecule has 2 nitrogen and oxygen atoms in total. The molecule has 0 aliphatic rings. The summed E-state index contributed by atoms with van der Waals surface area (Å²) >= 11 is 11.9. The van der Waals surface area contributed by atoms with Crippen LogP contribution in [-0.2, 0) is 12.8 Å². The van der Waals surface area contributed by atoms with E-state index in [9.17, 15) is 0 Å². The van der Waals surface area contributed by atoms with Crippen molar-refractivity contribution in [1.82, 2.24) is 4.98 Å². The van der Waals surface area contributed by atoms with Crippen molar-refractivity contribution in [2.45, 2.75) is 25.3 Å². The maximum absolute atomic E-state index is 6.15. The fourth-order valence-corrected chi connectivity index (χ4v) is 2.29. The molecule has 0 fully saturated rings. The highest BCUT2D eigenvalue weighted by molar-refractivity contribution is 6.42. The van der Waals surface area contributed by atoms with E-state index in [1.165, 1.54) is 5.56 Å². The molecule has 0 aliphatic heterocycles. The fraction of sp³-hybridized carbons (Fsp3) is 0.267. The van der Waals surface area contributed by atoms with Crippen LogP contribution < -0.4 is 5.73 Å². The van der Waals surface area contributed by atoms with Crippen molar-refractivity contribution in [3.63, 3.8) is 0 Å². The Morgan fingerprint density at radius 3 is 2.63 bits per heavy atom. The highest BCUT2D eigenvalue weighted by Crippen LogP contribution is 2.23.